The van der Waals surface area contributed by atoms with Crippen molar-refractivity contribution in [1.82, 2.24) is 0 Å². The highest BCUT2D eigenvalue weighted by atomic mass is 14.2. The Kier molecular flexibility index (Phi) is 15.1. The predicted molar refractivity (Wildman–Crippen MR) is 129 cm³/mol. The summed E-state index contributed by atoms with van der Waals surface area (Å²) in [6.07, 6.45) is 27.6. The van der Waals surface area contributed by atoms with Gasteiger partial charge in [-0.1, -0.05) is 160 Å². The molecule has 0 bridgehead atoms. The van der Waals surface area contributed by atoms with Crippen LogP contribution in [0.5, 0.6) is 0 Å². The van der Waals surface area contributed by atoms with E-state index in [0.29, 0.717) is 5.41 Å². The van der Waals surface area contributed by atoms with Gasteiger partial charge >= 0.3 is 0 Å². The van der Waals surface area contributed by atoms with Crippen LogP contribution < -0.4 is 0 Å². The van der Waals surface area contributed by atoms with E-state index in [-0.39, 0.29) is 0 Å². The number of allylic oxidation sites excluding steroid dienone is 1. The Morgan fingerprint density at radius 1 is 0.607 bits per heavy atom. The number of unbranched alkanes of at least 4 members (excludes halogenated alkanes) is 14. The normalized spacial score (nSPS) is 12.1. The van der Waals surface area contributed by atoms with Crippen LogP contribution in [0, 0.1) is 5.41 Å². The zero-order chi connectivity index (χ0) is 20.3. The van der Waals surface area contributed by atoms with Gasteiger partial charge < -0.3 is 0 Å². The molecule has 0 unspecified atom stereocenters. The Balaban J connectivity index is 1.89. The Morgan fingerprint density at radius 3 is 1.50 bits per heavy atom. The first kappa shape index (κ1) is 25.0. The minimum absolute atomic E-state index is 0.312. The van der Waals surface area contributed by atoms with E-state index in [1.54, 1.807) is 0 Å². The lowest BCUT2D eigenvalue weighted by Gasteiger charge is -2.20. The molecule has 0 nitrogen and oxygen atoms in total. The summed E-state index contributed by atoms with van der Waals surface area (Å²) >= 11 is 0. The molecule has 0 fully saturated rings. The van der Waals surface area contributed by atoms with E-state index < -0.39 is 0 Å². The zero-order valence-corrected chi connectivity index (χ0v) is 19.4. The smallest absolute Gasteiger partial charge is 0.0172 e. The molecule has 0 saturated heterocycles. The predicted octanol–water partition coefficient (Wildman–Crippen LogP) is 9.99. The van der Waals surface area contributed by atoms with Gasteiger partial charge in [0, 0.05) is 0 Å². The fraction of sp³-hybridized carbons (Fsp3) is 0.714. The molecular weight excluding hydrogens is 336 g/mol. The molecule has 0 heterocycles. The van der Waals surface area contributed by atoms with Gasteiger partial charge in [0.25, 0.3) is 0 Å². The van der Waals surface area contributed by atoms with Crippen molar-refractivity contribution >= 4 is 6.08 Å². The Hall–Kier alpha value is -1.04. The van der Waals surface area contributed by atoms with Gasteiger partial charge in [-0.15, -0.1) is 0 Å². The number of hydrogen-bond donors (Lipinski definition) is 0. The summed E-state index contributed by atoms with van der Waals surface area (Å²) in [4.78, 5) is 0. The summed E-state index contributed by atoms with van der Waals surface area (Å²) in [5.74, 6) is 0. The summed E-state index contributed by atoms with van der Waals surface area (Å²) in [6.45, 7) is 7.04. The van der Waals surface area contributed by atoms with Crippen LogP contribution in [-0.4, -0.2) is 0 Å². The summed E-state index contributed by atoms with van der Waals surface area (Å²) in [7, 11) is 0. The van der Waals surface area contributed by atoms with E-state index in [1.165, 1.54) is 108 Å². The lowest BCUT2D eigenvalue weighted by atomic mass is 9.86. The Morgan fingerprint density at radius 2 is 1.04 bits per heavy atom. The molecule has 160 valence electrons. The van der Waals surface area contributed by atoms with Crippen LogP contribution in [0.2, 0.25) is 0 Å². The average Bonchev–Trinajstić information content (AvgIpc) is 2.70. The first-order chi connectivity index (χ1) is 13.6. The van der Waals surface area contributed by atoms with Crippen molar-refractivity contribution in [3.05, 3.63) is 42.0 Å². The summed E-state index contributed by atoms with van der Waals surface area (Å²) in [5.41, 5.74) is 1.62. The molecule has 1 aromatic carbocycles. The van der Waals surface area contributed by atoms with Gasteiger partial charge in [0.05, 0.1) is 0 Å². The molecule has 0 spiro atoms. The second-order valence-corrected chi connectivity index (χ2v) is 9.43. The molecule has 0 amide bonds. The van der Waals surface area contributed by atoms with Crippen molar-refractivity contribution in [2.24, 2.45) is 5.41 Å². The second-order valence-electron chi connectivity index (χ2n) is 9.43. The van der Waals surface area contributed by atoms with Crippen molar-refractivity contribution in [3.63, 3.8) is 0 Å². The molecule has 0 radical (unpaired) electrons. The van der Waals surface area contributed by atoms with Gasteiger partial charge in [0.2, 0.25) is 0 Å². The lowest BCUT2D eigenvalue weighted by Crippen LogP contribution is -2.06. The van der Waals surface area contributed by atoms with Gasteiger partial charge in [-0.2, -0.15) is 0 Å². The lowest BCUT2D eigenvalue weighted by molar-refractivity contribution is 0.408. The third kappa shape index (κ3) is 14.9. The van der Waals surface area contributed by atoms with Crippen LogP contribution in [0.1, 0.15) is 129 Å². The molecule has 0 saturated carbocycles. The SMILES string of the molecule is CCCCCCCCCCCCCCCCCC(C)(C)C=Cc1ccccc1. The van der Waals surface area contributed by atoms with E-state index in [9.17, 15) is 0 Å². The van der Waals surface area contributed by atoms with Gasteiger partial charge in [0.15, 0.2) is 0 Å². The van der Waals surface area contributed by atoms with Crippen LogP contribution >= 0.6 is 0 Å². The summed E-state index contributed by atoms with van der Waals surface area (Å²) in [6, 6.07) is 10.7. The van der Waals surface area contributed by atoms with Crippen molar-refractivity contribution in [3.8, 4) is 0 Å². The van der Waals surface area contributed by atoms with Crippen LogP contribution in [0.25, 0.3) is 6.08 Å². The van der Waals surface area contributed by atoms with E-state index in [0.717, 1.165) is 0 Å². The zero-order valence-electron chi connectivity index (χ0n) is 19.4. The van der Waals surface area contributed by atoms with Gasteiger partial charge in [-0.05, 0) is 17.4 Å². The Bertz CT molecular complexity index is 468. The number of hydrogen-bond acceptors (Lipinski definition) is 0. The molecular formula is C28H48. The molecule has 28 heavy (non-hydrogen) atoms. The van der Waals surface area contributed by atoms with Crippen molar-refractivity contribution < 1.29 is 0 Å². The standard InChI is InChI=1S/C28H48/c1-4-5-6-7-8-9-10-11-12-13-14-15-16-17-21-25-28(2,3)26-24-27-22-19-18-20-23-27/h18-20,22-24,26H,4-17,21,25H2,1-3H3. The minimum atomic E-state index is 0.312. The molecule has 0 aromatic heterocycles. The fourth-order valence-electron chi connectivity index (χ4n) is 3.92. The fourth-order valence-corrected chi connectivity index (χ4v) is 3.92. The highest BCUT2D eigenvalue weighted by Crippen LogP contribution is 2.27. The molecule has 0 aliphatic carbocycles. The second kappa shape index (κ2) is 16.9. The van der Waals surface area contributed by atoms with Crippen molar-refractivity contribution in [1.29, 1.82) is 0 Å². The molecule has 0 heteroatoms. The highest BCUT2D eigenvalue weighted by molar-refractivity contribution is 5.49. The van der Waals surface area contributed by atoms with E-state index in [1.807, 2.05) is 0 Å². The maximum Gasteiger partial charge on any atom is -0.0172 e. The maximum absolute atomic E-state index is 2.39. The number of benzene rings is 1. The quantitative estimate of drug-likeness (QED) is 0.221. The monoisotopic (exact) mass is 384 g/mol. The third-order valence-corrected chi connectivity index (χ3v) is 5.95. The molecule has 0 aliphatic rings. The topological polar surface area (TPSA) is 0 Å². The molecule has 0 atom stereocenters. The van der Waals surface area contributed by atoms with Gasteiger partial charge in [-0.3, -0.25) is 0 Å². The molecule has 1 aromatic rings. The Labute approximate surface area is 177 Å². The highest BCUT2D eigenvalue weighted by Gasteiger charge is 2.12. The van der Waals surface area contributed by atoms with E-state index in [4.69, 9.17) is 0 Å². The first-order valence-electron chi connectivity index (χ1n) is 12.4. The van der Waals surface area contributed by atoms with Crippen LogP contribution in [-0.2, 0) is 0 Å². The summed E-state index contributed by atoms with van der Waals surface area (Å²) in [5, 5.41) is 0. The number of rotatable bonds is 18. The van der Waals surface area contributed by atoms with Gasteiger partial charge in [0.1, 0.15) is 0 Å². The average molecular weight is 385 g/mol. The van der Waals surface area contributed by atoms with E-state index in [2.05, 4.69) is 63.3 Å². The maximum atomic E-state index is 2.39. The molecule has 1 rings (SSSR count). The van der Waals surface area contributed by atoms with Crippen LogP contribution in [0.3, 0.4) is 0 Å². The van der Waals surface area contributed by atoms with Gasteiger partial charge in [-0.25, -0.2) is 0 Å². The first-order valence-corrected chi connectivity index (χ1v) is 12.4. The minimum Gasteiger partial charge on any atom is -0.0783 e. The van der Waals surface area contributed by atoms with Crippen LogP contribution in [0.15, 0.2) is 36.4 Å². The van der Waals surface area contributed by atoms with Crippen molar-refractivity contribution in [2.75, 3.05) is 0 Å². The summed E-state index contributed by atoms with van der Waals surface area (Å²) < 4.78 is 0. The van der Waals surface area contributed by atoms with Crippen molar-refractivity contribution in [2.45, 2.75) is 124 Å². The van der Waals surface area contributed by atoms with Crippen LogP contribution in [0.4, 0.5) is 0 Å². The third-order valence-electron chi connectivity index (χ3n) is 5.95. The molecule has 0 aliphatic heterocycles. The van der Waals surface area contributed by atoms with E-state index >= 15 is 0 Å². The molecule has 0 N–H and O–H groups in total. The largest absolute Gasteiger partial charge is 0.0783 e.